The highest BCUT2D eigenvalue weighted by molar-refractivity contribution is 5.79. The lowest BCUT2D eigenvalue weighted by Crippen LogP contribution is -2.31. The smallest absolute Gasteiger partial charge is 0.425 e. The fourth-order valence-corrected chi connectivity index (χ4v) is 2.68. The largest absolute Gasteiger partial charge is 0.481 e. The minimum Gasteiger partial charge on any atom is -0.481 e. The van der Waals surface area contributed by atoms with Crippen LogP contribution in [0, 0.1) is 0 Å². The number of H-pyrrole nitrogens is 1. The summed E-state index contributed by atoms with van der Waals surface area (Å²) in [5.74, 6) is -1.13. The Kier molecular flexibility index (Phi) is 4.82. The molecule has 0 spiro atoms. The van der Waals surface area contributed by atoms with Crippen LogP contribution in [0.4, 0.5) is 26.3 Å². The number of fused-ring (bicyclic) bond motifs is 1. The van der Waals surface area contributed by atoms with E-state index in [0.717, 1.165) is 12.1 Å². The second-order valence-corrected chi connectivity index (χ2v) is 6.46. The molecule has 0 saturated carbocycles. The van der Waals surface area contributed by atoms with Gasteiger partial charge in [0.25, 0.3) is 5.89 Å². The molecule has 1 atom stereocenters. The van der Waals surface area contributed by atoms with Crippen molar-refractivity contribution in [1.82, 2.24) is 25.6 Å². The molecule has 2 aromatic heterocycles. The second-order valence-electron chi connectivity index (χ2n) is 6.46. The Labute approximate surface area is 169 Å². The topological polar surface area (TPSA) is 89.7 Å². The predicted molar refractivity (Wildman–Crippen MR) is 93.8 cm³/mol. The van der Waals surface area contributed by atoms with Gasteiger partial charge >= 0.3 is 12.4 Å². The molecule has 0 radical (unpaired) electrons. The molecule has 0 amide bonds. The number of alkyl halides is 6. The Hall–Kier alpha value is -3.64. The Balaban J connectivity index is 1.68. The fraction of sp³-hybridized carbons (Fsp3) is 0.222. The number of aromatic nitrogens is 5. The third kappa shape index (κ3) is 4.15. The lowest BCUT2D eigenvalue weighted by molar-refractivity contribution is -0.191. The van der Waals surface area contributed by atoms with Gasteiger partial charge in [-0.3, -0.25) is 0 Å². The summed E-state index contributed by atoms with van der Waals surface area (Å²) < 4.78 is 88.0. The van der Waals surface area contributed by atoms with Crippen molar-refractivity contribution in [3.8, 4) is 28.6 Å². The SMILES string of the molecule is CC(Oc1ccc(-c2nc(-c3ccc4n[nH]nc4c3)no2)cc1C(F)(F)F)C(F)(F)F. The average Bonchev–Trinajstić information content (AvgIpc) is 3.35. The highest BCUT2D eigenvalue weighted by Crippen LogP contribution is 2.40. The zero-order valence-corrected chi connectivity index (χ0v) is 15.4. The lowest BCUT2D eigenvalue weighted by Gasteiger charge is -2.20. The van der Waals surface area contributed by atoms with Gasteiger partial charge in [0.2, 0.25) is 5.82 Å². The highest BCUT2D eigenvalue weighted by atomic mass is 19.4. The van der Waals surface area contributed by atoms with Crippen molar-refractivity contribution in [3.63, 3.8) is 0 Å². The first-order chi connectivity index (χ1) is 14.5. The molecule has 162 valence electrons. The number of rotatable bonds is 4. The maximum Gasteiger partial charge on any atom is 0.425 e. The van der Waals surface area contributed by atoms with E-state index in [9.17, 15) is 26.3 Å². The second kappa shape index (κ2) is 7.25. The van der Waals surface area contributed by atoms with E-state index in [-0.39, 0.29) is 17.3 Å². The van der Waals surface area contributed by atoms with E-state index in [1.807, 2.05) is 0 Å². The van der Waals surface area contributed by atoms with Gasteiger partial charge in [0.05, 0.1) is 5.56 Å². The zero-order chi connectivity index (χ0) is 22.4. The predicted octanol–water partition coefficient (Wildman–Crippen LogP) is 5.02. The first-order valence-electron chi connectivity index (χ1n) is 8.62. The minimum absolute atomic E-state index is 0.0829. The highest BCUT2D eigenvalue weighted by Gasteiger charge is 2.41. The fourth-order valence-electron chi connectivity index (χ4n) is 2.68. The van der Waals surface area contributed by atoms with Crippen LogP contribution in [0.3, 0.4) is 0 Å². The van der Waals surface area contributed by atoms with E-state index in [0.29, 0.717) is 29.6 Å². The molecule has 0 aliphatic carbocycles. The molecule has 1 unspecified atom stereocenters. The van der Waals surface area contributed by atoms with E-state index in [2.05, 4.69) is 30.3 Å². The Morgan fingerprint density at radius 3 is 2.35 bits per heavy atom. The molecule has 1 N–H and O–H groups in total. The number of nitrogens with one attached hydrogen (secondary N) is 1. The van der Waals surface area contributed by atoms with Gasteiger partial charge in [-0.2, -0.15) is 46.7 Å². The van der Waals surface area contributed by atoms with Crippen molar-refractivity contribution in [3.05, 3.63) is 42.0 Å². The van der Waals surface area contributed by atoms with Crippen LogP contribution < -0.4 is 4.74 Å². The Morgan fingerprint density at radius 1 is 0.935 bits per heavy atom. The summed E-state index contributed by atoms with van der Waals surface area (Å²) in [5.41, 5.74) is 0.0475. The standard InChI is InChI=1S/C18H11F6N5O2/c1-8(17(19,20)21)30-14-5-3-10(6-11(14)18(22,23)24)16-25-15(28-31-16)9-2-4-12-13(7-9)27-29-26-12/h2-8H,1H3,(H,26,27,29). The number of halogens is 6. The van der Waals surface area contributed by atoms with Crippen LogP contribution >= 0.6 is 0 Å². The van der Waals surface area contributed by atoms with E-state index in [4.69, 9.17) is 4.52 Å². The number of ether oxygens (including phenoxy) is 1. The Morgan fingerprint density at radius 2 is 1.65 bits per heavy atom. The van der Waals surface area contributed by atoms with Crippen molar-refractivity contribution in [2.45, 2.75) is 25.4 Å². The van der Waals surface area contributed by atoms with Crippen LogP contribution in [-0.4, -0.2) is 37.8 Å². The van der Waals surface area contributed by atoms with Gasteiger partial charge in [0.1, 0.15) is 16.8 Å². The van der Waals surface area contributed by atoms with Crippen molar-refractivity contribution < 1.29 is 35.6 Å². The average molecular weight is 443 g/mol. The molecule has 31 heavy (non-hydrogen) atoms. The number of hydrogen-bond donors (Lipinski definition) is 1. The molecular weight excluding hydrogens is 432 g/mol. The zero-order valence-electron chi connectivity index (χ0n) is 15.4. The summed E-state index contributed by atoms with van der Waals surface area (Å²) in [6.07, 6.45) is -12.2. The van der Waals surface area contributed by atoms with Crippen molar-refractivity contribution in [2.24, 2.45) is 0 Å². The molecule has 0 fully saturated rings. The maximum atomic E-state index is 13.4. The third-order valence-electron chi connectivity index (χ3n) is 4.30. The molecule has 2 heterocycles. The van der Waals surface area contributed by atoms with Crippen molar-refractivity contribution >= 4 is 11.0 Å². The Bertz CT molecular complexity index is 1230. The summed E-state index contributed by atoms with van der Waals surface area (Å²) in [6, 6.07) is 7.34. The molecule has 2 aromatic carbocycles. The summed E-state index contributed by atoms with van der Waals surface area (Å²) >= 11 is 0. The van der Waals surface area contributed by atoms with Gasteiger partial charge < -0.3 is 9.26 Å². The van der Waals surface area contributed by atoms with E-state index >= 15 is 0 Å². The number of nitrogens with zero attached hydrogens (tertiary/aromatic N) is 4. The number of hydrogen-bond acceptors (Lipinski definition) is 6. The molecule has 0 aliphatic heterocycles. The summed E-state index contributed by atoms with van der Waals surface area (Å²) in [7, 11) is 0. The van der Waals surface area contributed by atoms with Crippen LogP contribution in [0.1, 0.15) is 12.5 Å². The van der Waals surface area contributed by atoms with Gasteiger partial charge in [-0.05, 0) is 43.3 Å². The molecule has 0 aliphatic rings. The first kappa shape index (κ1) is 20.6. The monoisotopic (exact) mass is 443 g/mol. The summed E-state index contributed by atoms with van der Waals surface area (Å²) in [5, 5.41) is 14.0. The summed E-state index contributed by atoms with van der Waals surface area (Å²) in [6.45, 7) is 0.615. The molecule has 4 rings (SSSR count). The van der Waals surface area contributed by atoms with Crippen LogP contribution in [0.15, 0.2) is 40.9 Å². The van der Waals surface area contributed by atoms with Gasteiger partial charge in [-0.15, -0.1) is 0 Å². The van der Waals surface area contributed by atoms with Gasteiger partial charge in [0, 0.05) is 11.1 Å². The maximum absolute atomic E-state index is 13.4. The van der Waals surface area contributed by atoms with Crippen LogP contribution in [0.2, 0.25) is 0 Å². The quantitative estimate of drug-likeness (QED) is 0.446. The third-order valence-corrected chi connectivity index (χ3v) is 4.30. The van der Waals surface area contributed by atoms with Gasteiger partial charge in [-0.1, -0.05) is 5.16 Å². The molecule has 7 nitrogen and oxygen atoms in total. The molecular formula is C18H11F6N5O2. The number of benzene rings is 2. The molecule has 0 saturated heterocycles. The van der Waals surface area contributed by atoms with E-state index in [1.54, 1.807) is 18.2 Å². The van der Waals surface area contributed by atoms with Crippen molar-refractivity contribution in [1.29, 1.82) is 0 Å². The van der Waals surface area contributed by atoms with E-state index in [1.165, 1.54) is 0 Å². The number of aromatic amines is 1. The first-order valence-corrected chi connectivity index (χ1v) is 8.62. The van der Waals surface area contributed by atoms with Crippen molar-refractivity contribution in [2.75, 3.05) is 0 Å². The van der Waals surface area contributed by atoms with Gasteiger partial charge in [-0.25, -0.2) is 0 Å². The summed E-state index contributed by atoms with van der Waals surface area (Å²) in [4.78, 5) is 4.07. The van der Waals surface area contributed by atoms with Crippen LogP contribution in [0.5, 0.6) is 5.75 Å². The lowest BCUT2D eigenvalue weighted by atomic mass is 10.1. The van der Waals surface area contributed by atoms with Crippen LogP contribution in [0.25, 0.3) is 33.9 Å². The normalized spacial score (nSPS) is 13.5. The molecule has 13 heteroatoms. The van der Waals surface area contributed by atoms with Gasteiger partial charge in [0.15, 0.2) is 6.10 Å². The molecule has 0 bridgehead atoms. The van der Waals surface area contributed by atoms with E-state index < -0.39 is 29.8 Å². The van der Waals surface area contributed by atoms with Crippen LogP contribution in [-0.2, 0) is 6.18 Å². The molecule has 4 aromatic rings. The minimum atomic E-state index is -4.97.